The first-order valence-corrected chi connectivity index (χ1v) is 6.71. The smallest absolute Gasteiger partial charge is 0.251 e. The molecule has 1 saturated carbocycles. The number of rotatable bonds is 2. The van der Waals surface area contributed by atoms with Crippen LogP contribution in [-0.4, -0.2) is 18.0 Å². The van der Waals surface area contributed by atoms with Crippen LogP contribution in [-0.2, 0) is 0 Å². The van der Waals surface area contributed by atoms with Crippen LogP contribution in [0.1, 0.15) is 47.2 Å². The van der Waals surface area contributed by atoms with Gasteiger partial charge in [0.1, 0.15) is 0 Å². The summed E-state index contributed by atoms with van der Waals surface area (Å²) in [5.74, 6) is 0.00384. The molecule has 3 heteroatoms. The van der Waals surface area contributed by atoms with Gasteiger partial charge in [0, 0.05) is 17.6 Å². The first-order valence-electron chi connectivity index (χ1n) is 6.71. The van der Waals surface area contributed by atoms with Gasteiger partial charge in [-0.1, -0.05) is 30.0 Å². The van der Waals surface area contributed by atoms with E-state index in [-0.39, 0.29) is 18.0 Å². The quantitative estimate of drug-likeness (QED) is 0.841. The van der Waals surface area contributed by atoms with Crippen LogP contribution in [0.2, 0.25) is 0 Å². The Morgan fingerprint density at radius 2 is 1.78 bits per heavy atom. The van der Waals surface area contributed by atoms with Gasteiger partial charge in [-0.3, -0.25) is 4.79 Å². The molecular weight excluding hydrogens is 224 g/mol. The molecule has 0 heterocycles. The van der Waals surface area contributed by atoms with Gasteiger partial charge in [0.25, 0.3) is 5.91 Å². The number of nitrogens with two attached hydrogens (primary N) is 1. The summed E-state index contributed by atoms with van der Waals surface area (Å²) in [5.41, 5.74) is 9.03. The molecule has 2 atom stereocenters. The van der Waals surface area contributed by atoms with E-state index in [1.54, 1.807) is 0 Å². The topological polar surface area (TPSA) is 55.1 Å². The third kappa shape index (κ3) is 3.10. The monoisotopic (exact) mass is 246 g/mol. The molecule has 0 unspecified atom stereocenters. The standard InChI is InChI=1S/C15H22N2O/c1-10-7-11(2)9-12(8-10)15(18)17-14-6-4-3-5-13(14)16/h7-9,13-14H,3-6,16H2,1-2H3,(H,17,18)/t13-,14-/m1/s1. The highest BCUT2D eigenvalue weighted by Crippen LogP contribution is 2.17. The zero-order valence-electron chi connectivity index (χ0n) is 11.2. The average molecular weight is 246 g/mol. The Bertz CT molecular complexity index is 422. The molecule has 1 aromatic rings. The maximum atomic E-state index is 12.2. The number of aryl methyl sites for hydroxylation is 2. The SMILES string of the molecule is Cc1cc(C)cc(C(=O)N[C@@H]2CCCC[C@H]2N)c1. The molecule has 3 nitrogen and oxygen atoms in total. The fourth-order valence-electron chi connectivity index (χ4n) is 2.70. The maximum Gasteiger partial charge on any atom is 0.251 e. The fourth-order valence-corrected chi connectivity index (χ4v) is 2.70. The zero-order valence-corrected chi connectivity index (χ0v) is 11.2. The van der Waals surface area contributed by atoms with Crippen LogP contribution >= 0.6 is 0 Å². The third-order valence-electron chi connectivity index (χ3n) is 3.62. The molecule has 0 aliphatic heterocycles. The van der Waals surface area contributed by atoms with Gasteiger partial charge >= 0.3 is 0 Å². The van der Waals surface area contributed by atoms with E-state index in [0.717, 1.165) is 36.0 Å². The number of carbonyl (C=O) groups is 1. The van der Waals surface area contributed by atoms with Crippen molar-refractivity contribution in [2.24, 2.45) is 5.73 Å². The van der Waals surface area contributed by atoms with Crippen molar-refractivity contribution in [3.05, 3.63) is 34.9 Å². The minimum atomic E-state index is 0.00384. The van der Waals surface area contributed by atoms with Crippen molar-refractivity contribution in [3.8, 4) is 0 Å². The maximum absolute atomic E-state index is 12.2. The number of nitrogens with one attached hydrogen (secondary N) is 1. The minimum absolute atomic E-state index is 0.00384. The van der Waals surface area contributed by atoms with Crippen molar-refractivity contribution < 1.29 is 4.79 Å². The van der Waals surface area contributed by atoms with Crippen LogP contribution in [0.25, 0.3) is 0 Å². The molecule has 0 bridgehead atoms. The number of hydrogen-bond acceptors (Lipinski definition) is 2. The summed E-state index contributed by atoms with van der Waals surface area (Å²) in [6.45, 7) is 4.02. The molecule has 1 fully saturated rings. The van der Waals surface area contributed by atoms with Crippen LogP contribution in [0.4, 0.5) is 0 Å². The average Bonchev–Trinajstić information content (AvgIpc) is 2.31. The van der Waals surface area contributed by atoms with E-state index in [1.165, 1.54) is 6.42 Å². The van der Waals surface area contributed by atoms with Crippen LogP contribution in [0.15, 0.2) is 18.2 Å². The summed E-state index contributed by atoms with van der Waals surface area (Å²) in [5, 5.41) is 3.08. The largest absolute Gasteiger partial charge is 0.348 e. The second kappa shape index (κ2) is 5.53. The highest BCUT2D eigenvalue weighted by atomic mass is 16.1. The van der Waals surface area contributed by atoms with Gasteiger partial charge in [0.15, 0.2) is 0 Å². The Kier molecular flexibility index (Phi) is 4.02. The molecule has 2 rings (SSSR count). The van der Waals surface area contributed by atoms with E-state index in [4.69, 9.17) is 5.73 Å². The Morgan fingerprint density at radius 3 is 2.39 bits per heavy atom. The predicted molar refractivity (Wildman–Crippen MR) is 73.6 cm³/mol. The van der Waals surface area contributed by atoms with Crippen LogP contribution < -0.4 is 11.1 Å². The lowest BCUT2D eigenvalue weighted by Crippen LogP contribution is -2.49. The number of benzene rings is 1. The van der Waals surface area contributed by atoms with Crippen molar-refractivity contribution in [2.75, 3.05) is 0 Å². The first-order chi connectivity index (χ1) is 8.56. The molecule has 1 aromatic carbocycles. The molecule has 0 saturated heterocycles. The highest BCUT2D eigenvalue weighted by molar-refractivity contribution is 5.94. The molecule has 1 aliphatic rings. The molecule has 0 aromatic heterocycles. The molecule has 0 spiro atoms. The first kappa shape index (κ1) is 13.1. The van der Waals surface area contributed by atoms with E-state index in [9.17, 15) is 4.79 Å². The van der Waals surface area contributed by atoms with Crippen LogP contribution in [0, 0.1) is 13.8 Å². The Hall–Kier alpha value is -1.35. The van der Waals surface area contributed by atoms with Gasteiger partial charge in [0.2, 0.25) is 0 Å². The van der Waals surface area contributed by atoms with Gasteiger partial charge < -0.3 is 11.1 Å². The predicted octanol–water partition coefficient (Wildman–Crippen LogP) is 2.30. The molecule has 1 amide bonds. The molecule has 0 radical (unpaired) electrons. The lowest BCUT2D eigenvalue weighted by Gasteiger charge is -2.29. The van der Waals surface area contributed by atoms with Crippen molar-refractivity contribution >= 4 is 5.91 Å². The van der Waals surface area contributed by atoms with E-state index in [0.29, 0.717) is 0 Å². The van der Waals surface area contributed by atoms with E-state index >= 15 is 0 Å². The highest BCUT2D eigenvalue weighted by Gasteiger charge is 2.23. The summed E-state index contributed by atoms with van der Waals surface area (Å²) in [6.07, 6.45) is 4.35. The second-order valence-corrected chi connectivity index (χ2v) is 5.40. The lowest BCUT2D eigenvalue weighted by molar-refractivity contribution is 0.0921. The van der Waals surface area contributed by atoms with Crippen molar-refractivity contribution in [3.63, 3.8) is 0 Å². The van der Waals surface area contributed by atoms with Gasteiger partial charge in [0.05, 0.1) is 0 Å². The molecule has 1 aliphatic carbocycles. The van der Waals surface area contributed by atoms with Crippen LogP contribution in [0.3, 0.4) is 0 Å². The summed E-state index contributed by atoms with van der Waals surface area (Å²) in [6, 6.07) is 6.16. The van der Waals surface area contributed by atoms with E-state index < -0.39 is 0 Å². The summed E-state index contributed by atoms with van der Waals surface area (Å²) in [7, 11) is 0. The molecular formula is C15H22N2O. The summed E-state index contributed by atoms with van der Waals surface area (Å²) >= 11 is 0. The van der Waals surface area contributed by atoms with Gasteiger partial charge in [-0.2, -0.15) is 0 Å². The van der Waals surface area contributed by atoms with Crippen molar-refractivity contribution in [2.45, 2.75) is 51.6 Å². The van der Waals surface area contributed by atoms with Crippen molar-refractivity contribution in [1.82, 2.24) is 5.32 Å². The number of amides is 1. The third-order valence-corrected chi connectivity index (χ3v) is 3.62. The van der Waals surface area contributed by atoms with Gasteiger partial charge in [-0.05, 0) is 38.8 Å². The Labute approximate surface area is 109 Å². The van der Waals surface area contributed by atoms with Crippen molar-refractivity contribution in [1.29, 1.82) is 0 Å². The minimum Gasteiger partial charge on any atom is -0.348 e. The van der Waals surface area contributed by atoms with Gasteiger partial charge in [-0.25, -0.2) is 0 Å². The normalized spacial score (nSPS) is 23.7. The van der Waals surface area contributed by atoms with E-state index in [2.05, 4.69) is 11.4 Å². The van der Waals surface area contributed by atoms with Gasteiger partial charge in [-0.15, -0.1) is 0 Å². The zero-order chi connectivity index (χ0) is 13.1. The van der Waals surface area contributed by atoms with Crippen LogP contribution in [0.5, 0.6) is 0 Å². The Morgan fingerprint density at radius 1 is 1.17 bits per heavy atom. The lowest BCUT2D eigenvalue weighted by atomic mass is 9.91. The molecule has 18 heavy (non-hydrogen) atoms. The Balaban J connectivity index is 2.06. The summed E-state index contributed by atoms with van der Waals surface area (Å²) in [4.78, 5) is 12.2. The molecule has 3 N–H and O–H groups in total. The summed E-state index contributed by atoms with van der Waals surface area (Å²) < 4.78 is 0. The van der Waals surface area contributed by atoms with E-state index in [1.807, 2.05) is 26.0 Å². The number of carbonyl (C=O) groups excluding carboxylic acids is 1. The second-order valence-electron chi connectivity index (χ2n) is 5.40. The number of hydrogen-bond donors (Lipinski definition) is 2. The molecule has 98 valence electrons. The fraction of sp³-hybridized carbons (Fsp3) is 0.533.